The Morgan fingerprint density at radius 2 is 1.47 bits per heavy atom. The molecule has 0 saturated heterocycles. The fourth-order valence-electron chi connectivity index (χ4n) is 1.59. The number of benzene rings is 1. The molecule has 1 heterocycles. The van der Waals surface area contributed by atoms with Crippen molar-refractivity contribution in [2.75, 3.05) is 6.26 Å². The van der Waals surface area contributed by atoms with E-state index in [2.05, 4.69) is 4.98 Å². The van der Waals surface area contributed by atoms with Gasteiger partial charge in [0.15, 0.2) is 9.84 Å². The lowest BCUT2D eigenvalue weighted by molar-refractivity contribution is 0.602. The molecule has 0 saturated carbocycles. The third kappa shape index (κ3) is 3.14. The standard InChI is InChI=1S/C13H13NO2S/c1-17(15,16)13-4-2-11(3-5-13)10-12-6-8-14-9-7-12/h2-9H,10H2,1H3. The molecule has 1 aromatic heterocycles. The zero-order valence-corrected chi connectivity index (χ0v) is 10.3. The summed E-state index contributed by atoms with van der Waals surface area (Å²) in [6.45, 7) is 0. The van der Waals surface area contributed by atoms with Crippen molar-refractivity contribution in [2.45, 2.75) is 11.3 Å². The first kappa shape index (κ1) is 11.8. The van der Waals surface area contributed by atoms with Crippen molar-refractivity contribution in [2.24, 2.45) is 0 Å². The molecule has 0 atom stereocenters. The molecule has 0 aliphatic rings. The Balaban J connectivity index is 2.20. The second kappa shape index (κ2) is 4.67. The summed E-state index contributed by atoms with van der Waals surface area (Å²) >= 11 is 0. The van der Waals surface area contributed by atoms with Crippen LogP contribution in [0.1, 0.15) is 11.1 Å². The maximum absolute atomic E-state index is 11.3. The Kier molecular flexibility index (Phi) is 3.24. The molecule has 88 valence electrons. The molecule has 0 bridgehead atoms. The highest BCUT2D eigenvalue weighted by atomic mass is 32.2. The lowest BCUT2D eigenvalue weighted by Crippen LogP contribution is -1.97. The lowest BCUT2D eigenvalue weighted by Gasteiger charge is -2.03. The molecular formula is C13H13NO2S. The topological polar surface area (TPSA) is 47.0 Å². The Bertz CT molecular complexity index is 589. The third-order valence-corrected chi connectivity index (χ3v) is 3.64. The van der Waals surface area contributed by atoms with Gasteiger partial charge in [-0.15, -0.1) is 0 Å². The van der Waals surface area contributed by atoms with Gasteiger partial charge in [-0.3, -0.25) is 4.98 Å². The van der Waals surface area contributed by atoms with Gasteiger partial charge in [0, 0.05) is 18.6 Å². The van der Waals surface area contributed by atoms with Gasteiger partial charge in [-0.1, -0.05) is 12.1 Å². The number of sulfone groups is 1. The smallest absolute Gasteiger partial charge is 0.175 e. The quantitative estimate of drug-likeness (QED) is 0.834. The molecule has 0 unspecified atom stereocenters. The molecule has 3 nitrogen and oxygen atoms in total. The van der Waals surface area contributed by atoms with E-state index in [1.54, 1.807) is 24.5 Å². The van der Waals surface area contributed by atoms with E-state index < -0.39 is 9.84 Å². The van der Waals surface area contributed by atoms with E-state index in [4.69, 9.17) is 0 Å². The van der Waals surface area contributed by atoms with Crippen LogP contribution in [-0.4, -0.2) is 19.7 Å². The zero-order valence-electron chi connectivity index (χ0n) is 9.50. The molecule has 0 amide bonds. The van der Waals surface area contributed by atoms with Crippen molar-refractivity contribution in [3.05, 3.63) is 59.9 Å². The molecule has 4 heteroatoms. The highest BCUT2D eigenvalue weighted by molar-refractivity contribution is 7.90. The summed E-state index contributed by atoms with van der Waals surface area (Å²) in [5.41, 5.74) is 2.25. The number of hydrogen-bond donors (Lipinski definition) is 0. The van der Waals surface area contributed by atoms with Gasteiger partial charge in [0.2, 0.25) is 0 Å². The molecule has 0 radical (unpaired) electrons. The molecule has 2 rings (SSSR count). The fraction of sp³-hybridized carbons (Fsp3) is 0.154. The number of aromatic nitrogens is 1. The van der Waals surface area contributed by atoms with Gasteiger partial charge in [-0.25, -0.2) is 8.42 Å². The van der Waals surface area contributed by atoms with Crippen LogP contribution in [0.15, 0.2) is 53.7 Å². The van der Waals surface area contributed by atoms with E-state index >= 15 is 0 Å². The van der Waals surface area contributed by atoms with Crippen LogP contribution in [0, 0.1) is 0 Å². The molecule has 1 aromatic carbocycles. The Morgan fingerprint density at radius 3 is 2.00 bits per heavy atom. The Morgan fingerprint density at radius 1 is 0.941 bits per heavy atom. The monoisotopic (exact) mass is 247 g/mol. The van der Waals surface area contributed by atoms with Crippen molar-refractivity contribution >= 4 is 9.84 Å². The van der Waals surface area contributed by atoms with Crippen LogP contribution >= 0.6 is 0 Å². The third-order valence-electron chi connectivity index (χ3n) is 2.51. The summed E-state index contributed by atoms with van der Waals surface area (Å²) in [6.07, 6.45) is 5.50. The van der Waals surface area contributed by atoms with Crippen molar-refractivity contribution in [3.8, 4) is 0 Å². The number of pyridine rings is 1. The normalized spacial score (nSPS) is 11.4. The average molecular weight is 247 g/mol. The van der Waals surface area contributed by atoms with Crippen LogP contribution in [0.5, 0.6) is 0 Å². The van der Waals surface area contributed by atoms with Gasteiger partial charge >= 0.3 is 0 Å². The van der Waals surface area contributed by atoms with Crippen LogP contribution in [0.25, 0.3) is 0 Å². The maximum atomic E-state index is 11.3. The summed E-state index contributed by atoms with van der Waals surface area (Å²) in [7, 11) is -3.10. The van der Waals surface area contributed by atoms with Crippen molar-refractivity contribution in [1.82, 2.24) is 4.98 Å². The van der Waals surface area contributed by atoms with Crippen LogP contribution in [0.4, 0.5) is 0 Å². The van der Waals surface area contributed by atoms with E-state index in [1.165, 1.54) is 6.26 Å². The summed E-state index contributed by atoms with van der Waals surface area (Å²) in [5, 5.41) is 0. The molecule has 0 N–H and O–H groups in total. The molecule has 0 spiro atoms. The molecule has 0 aliphatic heterocycles. The molecule has 2 aromatic rings. The first-order valence-electron chi connectivity index (χ1n) is 5.23. The number of nitrogens with zero attached hydrogens (tertiary/aromatic N) is 1. The lowest BCUT2D eigenvalue weighted by atomic mass is 10.1. The van der Waals surface area contributed by atoms with Crippen LogP contribution < -0.4 is 0 Å². The van der Waals surface area contributed by atoms with Crippen molar-refractivity contribution < 1.29 is 8.42 Å². The second-order valence-electron chi connectivity index (χ2n) is 3.95. The van der Waals surface area contributed by atoms with Crippen molar-refractivity contribution in [1.29, 1.82) is 0 Å². The SMILES string of the molecule is CS(=O)(=O)c1ccc(Cc2ccncc2)cc1. The van der Waals surface area contributed by atoms with Crippen molar-refractivity contribution in [3.63, 3.8) is 0 Å². The van der Waals surface area contributed by atoms with Gasteiger partial charge < -0.3 is 0 Å². The number of hydrogen-bond acceptors (Lipinski definition) is 3. The Labute approximate surface area is 101 Å². The van der Waals surface area contributed by atoms with Gasteiger partial charge in [-0.2, -0.15) is 0 Å². The van der Waals surface area contributed by atoms with E-state index in [0.717, 1.165) is 17.5 Å². The maximum Gasteiger partial charge on any atom is 0.175 e. The first-order chi connectivity index (χ1) is 8.05. The zero-order chi connectivity index (χ0) is 12.3. The fourth-order valence-corrected chi connectivity index (χ4v) is 2.22. The minimum atomic E-state index is -3.10. The van der Waals surface area contributed by atoms with E-state index in [-0.39, 0.29) is 0 Å². The first-order valence-corrected chi connectivity index (χ1v) is 7.13. The highest BCUT2D eigenvalue weighted by Crippen LogP contribution is 2.13. The van der Waals surface area contributed by atoms with E-state index in [1.807, 2.05) is 24.3 Å². The van der Waals surface area contributed by atoms with Crippen LogP contribution in [0.3, 0.4) is 0 Å². The summed E-state index contributed by atoms with van der Waals surface area (Å²) in [6, 6.07) is 10.9. The van der Waals surface area contributed by atoms with Gasteiger partial charge in [0.1, 0.15) is 0 Å². The summed E-state index contributed by atoms with van der Waals surface area (Å²) < 4.78 is 22.6. The minimum Gasteiger partial charge on any atom is -0.265 e. The molecular weight excluding hydrogens is 234 g/mol. The summed E-state index contributed by atoms with van der Waals surface area (Å²) in [4.78, 5) is 4.31. The summed E-state index contributed by atoms with van der Waals surface area (Å²) in [5.74, 6) is 0. The predicted molar refractivity (Wildman–Crippen MR) is 66.6 cm³/mol. The molecule has 17 heavy (non-hydrogen) atoms. The minimum absolute atomic E-state index is 0.357. The average Bonchev–Trinajstić information content (AvgIpc) is 2.30. The highest BCUT2D eigenvalue weighted by Gasteiger charge is 2.06. The van der Waals surface area contributed by atoms with Crippen LogP contribution in [0.2, 0.25) is 0 Å². The second-order valence-corrected chi connectivity index (χ2v) is 5.96. The van der Waals surface area contributed by atoms with E-state index in [0.29, 0.717) is 4.90 Å². The largest absolute Gasteiger partial charge is 0.265 e. The van der Waals surface area contributed by atoms with Crippen LogP contribution in [-0.2, 0) is 16.3 Å². The van der Waals surface area contributed by atoms with E-state index in [9.17, 15) is 8.42 Å². The predicted octanol–water partition coefficient (Wildman–Crippen LogP) is 2.08. The van der Waals surface area contributed by atoms with Gasteiger partial charge in [0.05, 0.1) is 4.90 Å². The number of rotatable bonds is 3. The van der Waals surface area contributed by atoms with Gasteiger partial charge in [-0.05, 0) is 41.8 Å². The molecule has 0 aliphatic carbocycles. The van der Waals surface area contributed by atoms with Gasteiger partial charge in [0.25, 0.3) is 0 Å². The molecule has 0 fully saturated rings. The Hall–Kier alpha value is -1.68.